The van der Waals surface area contributed by atoms with Crippen LogP contribution in [0.25, 0.3) is 0 Å². The lowest BCUT2D eigenvalue weighted by Gasteiger charge is -2.18. The van der Waals surface area contributed by atoms with Crippen molar-refractivity contribution in [2.45, 2.75) is 19.1 Å². The van der Waals surface area contributed by atoms with Crippen molar-refractivity contribution in [3.63, 3.8) is 0 Å². The molecular weight excluding hydrogens is 243 g/mol. The van der Waals surface area contributed by atoms with Gasteiger partial charge in [-0.05, 0) is 19.1 Å². The molecule has 0 amide bonds. The van der Waals surface area contributed by atoms with Gasteiger partial charge in [-0.25, -0.2) is 0 Å². The van der Waals surface area contributed by atoms with Gasteiger partial charge in [0, 0.05) is 16.6 Å². The summed E-state index contributed by atoms with van der Waals surface area (Å²) in [5.41, 5.74) is 4.90. The fourth-order valence-corrected chi connectivity index (χ4v) is 1.62. The minimum atomic E-state index is -4.51. The fraction of sp³-hybridized carbons (Fsp3) is 0.400. The number of hydrogen-bond acceptors (Lipinski definition) is 2. The molecule has 0 bridgehead atoms. The summed E-state index contributed by atoms with van der Waals surface area (Å²) >= 11 is 5.62. The minimum absolute atomic E-state index is 0.0135. The van der Waals surface area contributed by atoms with E-state index in [1.807, 2.05) is 0 Å². The van der Waals surface area contributed by atoms with Gasteiger partial charge in [-0.2, -0.15) is 13.2 Å². The molecule has 1 aromatic carbocycles. The highest BCUT2D eigenvalue weighted by Gasteiger charge is 2.36. The zero-order valence-electron chi connectivity index (χ0n) is 8.73. The van der Waals surface area contributed by atoms with Gasteiger partial charge < -0.3 is 10.5 Å². The quantitative estimate of drug-likeness (QED) is 0.877. The van der Waals surface area contributed by atoms with E-state index in [0.717, 1.165) is 6.07 Å². The minimum Gasteiger partial charge on any atom is -0.496 e. The summed E-state index contributed by atoms with van der Waals surface area (Å²) in [7, 11) is 1.17. The van der Waals surface area contributed by atoms with E-state index in [-0.39, 0.29) is 16.3 Å². The van der Waals surface area contributed by atoms with E-state index in [2.05, 4.69) is 0 Å². The summed E-state index contributed by atoms with van der Waals surface area (Å²) in [6, 6.07) is 1.61. The highest BCUT2D eigenvalue weighted by atomic mass is 35.5. The molecule has 0 radical (unpaired) electrons. The lowest BCUT2D eigenvalue weighted by Crippen LogP contribution is -2.13. The summed E-state index contributed by atoms with van der Waals surface area (Å²) in [5.74, 6) is -0.271. The first-order valence-electron chi connectivity index (χ1n) is 4.47. The monoisotopic (exact) mass is 253 g/mol. The standard InChI is InChI=1S/C10H11ClF3NO/c1-5(15)7-3-6(11)4-8(9(7)16-2)10(12,13)14/h3-5H,15H2,1-2H3. The zero-order chi connectivity index (χ0) is 12.5. The number of methoxy groups -OCH3 is 1. The van der Waals surface area contributed by atoms with E-state index >= 15 is 0 Å². The van der Waals surface area contributed by atoms with Gasteiger partial charge in [-0.1, -0.05) is 11.6 Å². The third-order valence-corrected chi connectivity index (χ3v) is 2.30. The first-order chi connectivity index (χ1) is 7.27. The second-order valence-corrected chi connectivity index (χ2v) is 3.80. The van der Waals surface area contributed by atoms with Gasteiger partial charge in [-0.3, -0.25) is 0 Å². The Morgan fingerprint density at radius 1 is 1.38 bits per heavy atom. The predicted octanol–water partition coefficient (Wildman–Crippen LogP) is 3.39. The number of benzene rings is 1. The molecule has 2 nitrogen and oxygen atoms in total. The van der Waals surface area contributed by atoms with Gasteiger partial charge in [0.05, 0.1) is 12.7 Å². The molecule has 2 N–H and O–H groups in total. The molecule has 1 atom stereocenters. The predicted molar refractivity (Wildman–Crippen MR) is 55.6 cm³/mol. The van der Waals surface area contributed by atoms with E-state index in [0.29, 0.717) is 0 Å². The Hall–Kier alpha value is -0.940. The maximum atomic E-state index is 12.7. The summed E-state index contributed by atoms with van der Waals surface area (Å²) in [6.45, 7) is 1.56. The van der Waals surface area contributed by atoms with Crippen molar-refractivity contribution < 1.29 is 17.9 Å². The molecule has 90 valence electrons. The van der Waals surface area contributed by atoms with Crippen molar-refractivity contribution in [2.24, 2.45) is 5.73 Å². The van der Waals surface area contributed by atoms with Crippen LogP contribution in [0.15, 0.2) is 12.1 Å². The van der Waals surface area contributed by atoms with E-state index in [1.165, 1.54) is 13.2 Å². The van der Waals surface area contributed by atoms with Crippen LogP contribution < -0.4 is 10.5 Å². The Labute approximate surface area is 96.1 Å². The molecule has 0 aliphatic heterocycles. The Balaban J connectivity index is 3.49. The Morgan fingerprint density at radius 3 is 2.31 bits per heavy atom. The van der Waals surface area contributed by atoms with Crippen molar-refractivity contribution in [3.8, 4) is 5.75 Å². The smallest absolute Gasteiger partial charge is 0.420 e. The average molecular weight is 254 g/mol. The van der Waals surface area contributed by atoms with Crippen molar-refractivity contribution >= 4 is 11.6 Å². The molecule has 1 aromatic rings. The van der Waals surface area contributed by atoms with Crippen LogP contribution in [0.4, 0.5) is 13.2 Å². The number of ether oxygens (including phenoxy) is 1. The van der Waals surface area contributed by atoms with Gasteiger partial charge in [0.2, 0.25) is 0 Å². The average Bonchev–Trinajstić information content (AvgIpc) is 2.14. The lowest BCUT2D eigenvalue weighted by molar-refractivity contribution is -0.138. The van der Waals surface area contributed by atoms with Crippen LogP contribution in [0.1, 0.15) is 24.1 Å². The van der Waals surface area contributed by atoms with Crippen LogP contribution in [0.2, 0.25) is 5.02 Å². The van der Waals surface area contributed by atoms with Crippen LogP contribution in [0, 0.1) is 0 Å². The van der Waals surface area contributed by atoms with Crippen LogP contribution >= 0.6 is 11.6 Å². The molecule has 6 heteroatoms. The van der Waals surface area contributed by atoms with Gasteiger partial charge >= 0.3 is 6.18 Å². The topological polar surface area (TPSA) is 35.2 Å². The number of hydrogen-bond donors (Lipinski definition) is 1. The van der Waals surface area contributed by atoms with Crippen LogP contribution in [-0.4, -0.2) is 7.11 Å². The summed E-state index contributed by atoms with van der Waals surface area (Å²) in [4.78, 5) is 0. The molecule has 1 rings (SSSR count). The molecule has 0 aliphatic carbocycles. The molecular formula is C10H11ClF3NO. The molecule has 1 unspecified atom stereocenters. The Kier molecular flexibility index (Phi) is 3.70. The molecule has 0 saturated carbocycles. The largest absolute Gasteiger partial charge is 0.496 e. The molecule has 0 fully saturated rings. The summed E-state index contributed by atoms with van der Waals surface area (Å²) in [5, 5.41) is -0.0135. The normalized spacial score (nSPS) is 13.7. The van der Waals surface area contributed by atoms with Gasteiger partial charge in [0.15, 0.2) is 0 Å². The summed E-state index contributed by atoms with van der Waals surface area (Å²) < 4.78 is 42.8. The van der Waals surface area contributed by atoms with Crippen molar-refractivity contribution in [2.75, 3.05) is 7.11 Å². The third-order valence-electron chi connectivity index (χ3n) is 2.08. The molecule has 0 heterocycles. The van der Waals surface area contributed by atoms with Gasteiger partial charge in [-0.15, -0.1) is 0 Å². The van der Waals surface area contributed by atoms with Crippen molar-refractivity contribution in [3.05, 3.63) is 28.3 Å². The van der Waals surface area contributed by atoms with Gasteiger partial charge in [0.1, 0.15) is 5.75 Å². The molecule has 0 spiro atoms. The second-order valence-electron chi connectivity index (χ2n) is 3.36. The molecule has 0 saturated heterocycles. The van der Waals surface area contributed by atoms with Crippen LogP contribution in [-0.2, 0) is 6.18 Å². The van der Waals surface area contributed by atoms with Crippen LogP contribution in [0.3, 0.4) is 0 Å². The van der Waals surface area contributed by atoms with E-state index in [4.69, 9.17) is 22.1 Å². The SMILES string of the molecule is COc1c(C(C)N)cc(Cl)cc1C(F)(F)F. The first kappa shape index (κ1) is 13.1. The Bertz CT molecular complexity index is 390. The number of halogens is 4. The first-order valence-corrected chi connectivity index (χ1v) is 4.85. The molecule has 0 aromatic heterocycles. The second kappa shape index (κ2) is 4.51. The maximum Gasteiger partial charge on any atom is 0.420 e. The third kappa shape index (κ3) is 2.59. The molecule has 0 aliphatic rings. The van der Waals surface area contributed by atoms with E-state index in [9.17, 15) is 13.2 Å². The zero-order valence-corrected chi connectivity index (χ0v) is 9.49. The highest BCUT2D eigenvalue weighted by Crippen LogP contribution is 2.41. The van der Waals surface area contributed by atoms with Crippen molar-refractivity contribution in [1.29, 1.82) is 0 Å². The highest BCUT2D eigenvalue weighted by molar-refractivity contribution is 6.30. The number of alkyl halides is 3. The molecule has 16 heavy (non-hydrogen) atoms. The fourth-order valence-electron chi connectivity index (χ4n) is 1.39. The van der Waals surface area contributed by atoms with E-state index in [1.54, 1.807) is 6.92 Å². The number of rotatable bonds is 2. The number of nitrogens with two attached hydrogens (primary N) is 1. The Morgan fingerprint density at radius 2 is 1.94 bits per heavy atom. The van der Waals surface area contributed by atoms with Crippen molar-refractivity contribution in [1.82, 2.24) is 0 Å². The van der Waals surface area contributed by atoms with Gasteiger partial charge in [0.25, 0.3) is 0 Å². The van der Waals surface area contributed by atoms with Crippen LogP contribution in [0.5, 0.6) is 5.75 Å². The maximum absolute atomic E-state index is 12.7. The summed E-state index contributed by atoms with van der Waals surface area (Å²) in [6.07, 6.45) is -4.51. The van der Waals surface area contributed by atoms with E-state index < -0.39 is 17.8 Å². The lowest BCUT2D eigenvalue weighted by atomic mass is 10.0.